The molecular formula is C18H18FN3S. The Kier molecular flexibility index (Phi) is 5.20. The van der Waals surface area contributed by atoms with E-state index in [4.69, 9.17) is 0 Å². The molecule has 1 heterocycles. The van der Waals surface area contributed by atoms with Crippen molar-refractivity contribution in [3.63, 3.8) is 0 Å². The first-order valence-electron chi connectivity index (χ1n) is 7.48. The summed E-state index contributed by atoms with van der Waals surface area (Å²) in [6, 6.07) is 15.4. The minimum Gasteiger partial charge on any atom is -0.301 e. The lowest BCUT2D eigenvalue weighted by Crippen LogP contribution is -2.20. The largest absolute Gasteiger partial charge is 0.301 e. The number of nitrogens with zero attached hydrogens (tertiary/aromatic N) is 3. The smallest absolute Gasteiger partial charge is 0.149 e. The van der Waals surface area contributed by atoms with Gasteiger partial charge in [-0.2, -0.15) is 0 Å². The monoisotopic (exact) mass is 327 g/mol. The van der Waals surface area contributed by atoms with E-state index in [0.717, 1.165) is 29.3 Å². The van der Waals surface area contributed by atoms with Crippen LogP contribution in [0.3, 0.4) is 0 Å². The first-order chi connectivity index (χ1) is 11.2. The molecule has 23 heavy (non-hydrogen) atoms. The van der Waals surface area contributed by atoms with Crippen molar-refractivity contribution >= 4 is 22.7 Å². The Hall–Kier alpha value is -1.98. The van der Waals surface area contributed by atoms with Crippen LogP contribution >= 0.6 is 11.8 Å². The molecule has 0 bridgehead atoms. The van der Waals surface area contributed by atoms with E-state index in [1.165, 1.54) is 18.0 Å². The van der Waals surface area contributed by atoms with Crippen molar-refractivity contribution in [2.75, 3.05) is 19.3 Å². The molecule has 0 aliphatic carbocycles. The molecule has 0 saturated heterocycles. The zero-order valence-electron chi connectivity index (χ0n) is 12.9. The van der Waals surface area contributed by atoms with Gasteiger partial charge in [0.25, 0.3) is 0 Å². The van der Waals surface area contributed by atoms with E-state index in [1.807, 2.05) is 12.1 Å². The molecular weight excluding hydrogens is 309 g/mol. The van der Waals surface area contributed by atoms with Gasteiger partial charge in [0, 0.05) is 24.2 Å². The summed E-state index contributed by atoms with van der Waals surface area (Å²) in [7, 11) is 2.10. The Morgan fingerprint density at radius 1 is 1.04 bits per heavy atom. The fourth-order valence-electron chi connectivity index (χ4n) is 2.42. The number of halogens is 1. The van der Waals surface area contributed by atoms with Gasteiger partial charge in [-0.3, -0.25) is 0 Å². The summed E-state index contributed by atoms with van der Waals surface area (Å²) >= 11 is 1.64. The minimum atomic E-state index is -0.298. The summed E-state index contributed by atoms with van der Waals surface area (Å²) in [5, 5.41) is 1.62. The average Bonchev–Trinajstić information content (AvgIpc) is 2.56. The Bertz CT molecular complexity index is 780. The van der Waals surface area contributed by atoms with Crippen molar-refractivity contribution in [2.45, 2.75) is 11.6 Å². The van der Waals surface area contributed by atoms with E-state index in [9.17, 15) is 4.39 Å². The zero-order chi connectivity index (χ0) is 16.1. The third-order valence-corrected chi connectivity index (χ3v) is 4.57. The van der Waals surface area contributed by atoms with Crippen molar-refractivity contribution in [2.24, 2.45) is 0 Å². The molecule has 118 valence electrons. The van der Waals surface area contributed by atoms with Gasteiger partial charge in [-0.1, -0.05) is 36.4 Å². The van der Waals surface area contributed by atoms with E-state index in [2.05, 4.69) is 46.2 Å². The average molecular weight is 327 g/mol. The van der Waals surface area contributed by atoms with Crippen molar-refractivity contribution < 1.29 is 4.39 Å². The first kappa shape index (κ1) is 15.9. The summed E-state index contributed by atoms with van der Waals surface area (Å²) < 4.78 is 13.8. The number of fused-ring (bicyclic) bond motifs is 1. The lowest BCUT2D eigenvalue weighted by molar-refractivity contribution is 0.348. The predicted molar refractivity (Wildman–Crippen MR) is 93.0 cm³/mol. The van der Waals surface area contributed by atoms with Gasteiger partial charge in [-0.25, -0.2) is 14.4 Å². The zero-order valence-corrected chi connectivity index (χ0v) is 13.8. The van der Waals surface area contributed by atoms with Crippen molar-refractivity contribution in [3.05, 3.63) is 66.2 Å². The van der Waals surface area contributed by atoms with Gasteiger partial charge in [-0.05, 0) is 24.7 Å². The molecule has 0 amide bonds. The maximum absolute atomic E-state index is 13.8. The van der Waals surface area contributed by atoms with E-state index >= 15 is 0 Å². The van der Waals surface area contributed by atoms with Gasteiger partial charge >= 0.3 is 0 Å². The van der Waals surface area contributed by atoms with Crippen molar-refractivity contribution in [1.82, 2.24) is 14.9 Å². The lowest BCUT2D eigenvalue weighted by Gasteiger charge is -2.16. The van der Waals surface area contributed by atoms with Gasteiger partial charge in [0.15, 0.2) is 0 Å². The van der Waals surface area contributed by atoms with E-state index in [-0.39, 0.29) is 5.82 Å². The molecule has 0 radical (unpaired) electrons. The molecule has 1 aromatic heterocycles. The molecule has 0 unspecified atom stereocenters. The molecule has 0 fully saturated rings. The van der Waals surface area contributed by atoms with Crippen LogP contribution in [0.1, 0.15) is 5.56 Å². The predicted octanol–water partition coefficient (Wildman–Crippen LogP) is 3.99. The number of rotatable bonds is 6. The van der Waals surface area contributed by atoms with Gasteiger partial charge in [0.2, 0.25) is 0 Å². The molecule has 5 heteroatoms. The van der Waals surface area contributed by atoms with E-state index in [1.54, 1.807) is 17.8 Å². The SMILES string of the molecule is CN(CCSc1ncnc2c(F)cccc12)Cc1ccccc1. The second-order valence-corrected chi connectivity index (χ2v) is 6.47. The van der Waals surface area contributed by atoms with Crippen LogP contribution in [0.25, 0.3) is 10.9 Å². The molecule has 0 aliphatic rings. The van der Waals surface area contributed by atoms with Gasteiger partial charge in [-0.15, -0.1) is 11.8 Å². The highest BCUT2D eigenvalue weighted by atomic mass is 32.2. The van der Waals surface area contributed by atoms with E-state index in [0.29, 0.717) is 5.52 Å². The van der Waals surface area contributed by atoms with Gasteiger partial charge < -0.3 is 4.90 Å². The molecule has 0 aliphatic heterocycles. The molecule has 0 N–H and O–H groups in total. The number of para-hydroxylation sites is 1. The number of aromatic nitrogens is 2. The number of benzene rings is 2. The minimum absolute atomic E-state index is 0.298. The molecule has 0 atom stereocenters. The first-order valence-corrected chi connectivity index (χ1v) is 8.47. The fourth-order valence-corrected chi connectivity index (χ4v) is 3.45. The summed E-state index contributed by atoms with van der Waals surface area (Å²) in [6.07, 6.45) is 1.43. The maximum atomic E-state index is 13.8. The van der Waals surface area contributed by atoms with Crippen LogP contribution in [0.4, 0.5) is 4.39 Å². The third-order valence-electron chi connectivity index (χ3n) is 3.59. The van der Waals surface area contributed by atoms with Crippen LogP contribution in [-0.2, 0) is 6.54 Å². The van der Waals surface area contributed by atoms with E-state index < -0.39 is 0 Å². The quantitative estimate of drug-likeness (QED) is 0.506. The molecule has 0 spiro atoms. The number of thioether (sulfide) groups is 1. The highest BCUT2D eigenvalue weighted by Crippen LogP contribution is 2.25. The summed E-state index contributed by atoms with van der Waals surface area (Å²) in [5.74, 6) is 0.597. The number of hydrogen-bond acceptors (Lipinski definition) is 4. The molecule has 3 nitrogen and oxygen atoms in total. The maximum Gasteiger partial charge on any atom is 0.149 e. The molecule has 0 saturated carbocycles. The van der Waals surface area contributed by atoms with Crippen LogP contribution in [0.5, 0.6) is 0 Å². The topological polar surface area (TPSA) is 29.0 Å². The van der Waals surface area contributed by atoms with Crippen molar-refractivity contribution in [1.29, 1.82) is 0 Å². The Labute approximate surface area is 139 Å². The van der Waals surface area contributed by atoms with Gasteiger partial charge in [0.1, 0.15) is 22.7 Å². The number of hydrogen-bond donors (Lipinski definition) is 0. The van der Waals surface area contributed by atoms with Gasteiger partial charge in [0.05, 0.1) is 0 Å². The van der Waals surface area contributed by atoms with Crippen LogP contribution < -0.4 is 0 Å². The van der Waals surface area contributed by atoms with Crippen LogP contribution in [0.2, 0.25) is 0 Å². The molecule has 2 aromatic carbocycles. The Balaban J connectivity index is 1.60. The van der Waals surface area contributed by atoms with Crippen molar-refractivity contribution in [3.8, 4) is 0 Å². The highest BCUT2D eigenvalue weighted by molar-refractivity contribution is 7.99. The van der Waals surface area contributed by atoms with Crippen LogP contribution in [0, 0.1) is 5.82 Å². The Morgan fingerprint density at radius 2 is 1.87 bits per heavy atom. The normalized spacial score (nSPS) is 11.3. The second-order valence-electron chi connectivity index (χ2n) is 5.39. The summed E-state index contributed by atoms with van der Waals surface area (Å²) in [5.41, 5.74) is 1.69. The third kappa shape index (κ3) is 4.06. The van der Waals surface area contributed by atoms with Crippen LogP contribution in [-0.4, -0.2) is 34.2 Å². The second kappa shape index (κ2) is 7.53. The molecule has 3 rings (SSSR count). The lowest BCUT2D eigenvalue weighted by atomic mass is 10.2. The molecule has 3 aromatic rings. The standard InChI is InChI=1S/C18H18FN3S/c1-22(12-14-6-3-2-4-7-14)10-11-23-18-15-8-5-9-16(19)17(15)20-13-21-18/h2-9,13H,10-12H2,1H3. The summed E-state index contributed by atoms with van der Waals surface area (Å²) in [6.45, 7) is 1.85. The highest BCUT2D eigenvalue weighted by Gasteiger charge is 2.08. The van der Waals surface area contributed by atoms with Crippen LogP contribution in [0.15, 0.2) is 59.9 Å². The Morgan fingerprint density at radius 3 is 2.70 bits per heavy atom. The summed E-state index contributed by atoms with van der Waals surface area (Å²) in [4.78, 5) is 10.6. The fraction of sp³-hybridized carbons (Fsp3) is 0.222.